The van der Waals surface area contributed by atoms with E-state index in [9.17, 15) is 0 Å². The van der Waals surface area contributed by atoms with E-state index >= 15 is 0 Å². The SMILES string of the molecule is CCC1(CC)O[C@@H](C2=N[C@@H](C(C)C)CO2)[C@H](C2=N[C@@H](C(C)C)CO2)O1. The molecule has 0 aromatic heterocycles. The molecular weight excluding hydrogens is 320 g/mol. The van der Waals surface area contributed by atoms with Crippen molar-refractivity contribution in [2.45, 2.75) is 84.5 Å². The molecular formula is C19H32N2O4. The van der Waals surface area contributed by atoms with Crippen molar-refractivity contribution in [1.82, 2.24) is 0 Å². The summed E-state index contributed by atoms with van der Waals surface area (Å²) in [4.78, 5) is 9.52. The van der Waals surface area contributed by atoms with Crippen LogP contribution in [0.4, 0.5) is 0 Å². The highest BCUT2D eigenvalue weighted by Gasteiger charge is 2.53. The van der Waals surface area contributed by atoms with Gasteiger partial charge in [0.1, 0.15) is 13.2 Å². The van der Waals surface area contributed by atoms with Crippen LogP contribution in [0.5, 0.6) is 0 Å². The van der Waals surface area contributed by atoms with Gasteiger partial charge in [0.15, 0.2) is 18.0 Å². The van der Waals surface area contributed by atoms with Crippen molar-refractivity contribution in [1.29, 1.82) is 0 Å². The molecule has 3 aliphatic heterocycles. The van der Waals surface area contributed by atoms with Crippen LogP contribution < -0.4 is 0 Å². The fourth-order valence-electron chi connectivity index (χ4n) is 3.37. The van der Waals surface area contributed by atoms with Gasteiger partial charge in [0, 0.05) is 0 Å². The normalized spacial score (nSPS) is 34.2. The highest BCUT2D eigenvalue weighted by atomic mass is 16.8. The lowest BCUT2D eigenvalue weighted by Gasteiger charge is -2.24. The molecule has 0 bridgehead atoms. The molecule has 0 radical (unpaired) electrons. The summed E-state index contributed by atoms with van der Waals surface area (Å²) in [5, 5.41) is 0. The maximum Gasteiger partial charge on any atom is 0.217 e. The van der Waals surface area contributed by atoms with Crippen LogP contribution in [-0.4, -0.2) is 55.1 Å². The first-order valence-electron chi connectivity index (χ1n) is 9.65. The minimum absolute atomic E-state index is 0.173. The molecule has 6 heteroatoms. The lowest BCUT2D eigenvalue weighted by atomic mass is 10.1. The average Bonchev–Trinajstić information content (AvgIpc) is 3.31. The molecule has 0 aromatic carbocycles. The second kappa shape index (κ2) is 7.23. The van der Waals surface area contributed by atoms with E-state index in [2.05, 4.69) is 41.5 Å². The van der Waals surface area contributed by atoms with E-state index in [-0.39, 0.29) is 24.3 Å². The van der Waals surface area contributed by atoms with E-state index in [0.717, 1.165) is 12.8 Å². The van der Waals surface area contributed by atoms with Gasteiger partial charge in [-0.15, -0.1) is 0 Å². The molecule has 1 saturated heterocycles. The molecule has 1 fully saturated rings. The molecule has 25 heavy (non-hydrogen) atoms. The molecule has 0 unspecified atom stereocenters. The topological polar surface area (TPSA) is 61.6 Å². The van der Waals surface area contributed by atoms with E-state index < -0.39 is 5.79 Å². The molecule has 3 aliphatic rings. The lowest BCUT2D eigenvalue weighted by molar-refractivity contribution is -0.171. The van der Waals surface area contributed by atoms with Gasteiger partial charge in [-0.25, -0.2) is 9.98 Å². The first-order chi connectivity index (χ1) is 11.9. The molecule has 0 saturated carbocycles. The summed E-state index contributed by atoms with van der Waals surface area (Å²) >= 11 is 0. The summed E-state index contributed by atoms with van der Waals surface area (Å²) in [5.74, 6) is 1.51. The van der Waals surface area contributed by atoms with Crippen molar-refractivity contribution in [3.8, 4) is 0 Å². The predicted molar refractivity (Wildman–Crippen MR) is 97.1 cm³/mol. The molecule has 3 rings (SSSR count). The molecule has 0 aromatic rings. The van der Waals surface area contributed by atoms with Crippen molar-refractivity contribution in [3.05, 3.63) is 0 Å². The summed E-state index contributed by atoms with van der Waals surface area (Å²) in [6.45, 7) is 14.0. The van der Waals surface area contributed by atoms with Gasteiger partial charge in [-0.2, -0.15) is 0 Å². The minimum atomic E-state index is -0.626. The van der Waals surface area contributed by atoms with Gasteiger partial charge in [-0.05, 0) is 24.7 Å². The van der Waals surface area contributed by atoms with E-state index in [4.69, 9.17) is 28.9 Å². The van der Waals surface area contributed by atoms with Crippen LogP contribution in [0.3, 0.4) is 0 Å². The van der Waals surface area contributed by atoms with E-state index in [0.29, 0.717) is 36.8 Å². The van der Waals surface area contributed by atoms with Crippen molar-refractivity contribution < 1.29 is 18.9 Å². The number of hydrogen-bond donors (Lipinski definition) is 0. The largest absolute Gasteiger partial charge is 0.477 e. The Morgan fingerprint density at radius 3 is 1.52 bits per heavy atom. The third-order valence-electron chi connectivity index (χ3n) is 5.45. The molecule has 0 N–H and O–H groups in total. The standard InChI is InChI=1S/C19H32N2O4/c1-7-19(8-2)24-15(17-20-13(9-22-17)11(3)4)16(25-19)18-21-14(10-23-18)12(5)6/h11-16H,7-10H2,1-6H3/t13-,14-,15-,16-/m1/s1. The second-order valence-electron chi connectivity index (χ2n) is 7.87. The van der Waals surface area contributed by atoms with Gasteiger partial charge in [0.2, 0.25) is 11.8 Å². The highest BCUT2D eigenvalue weighted by Crippen LogP contribution is 2.38. The Hall–Kier alpha value is -1.14. The average molecular weight is 352 g/mol. The molecule has 4 atom stereocenters. The molecule has 0 aliphatic carbocycles. The van der Waals surface area contributed by atoms with Gasteiger partial charge in [0.05, 0.1) is 12.1 Å². The van der Waals surface area contributed by atoms with E-state index in [1.807, 2.05) is 0 Å². The van der Waals surface area contributed by atoms with Crippen LogP contribution >= 0.6 is 0 Å². The summed E-state index contributed by atoms with van der Waals surface area (Å²) in [5.41, 5.74) is 0. The first-order valence-corrected chi connectivity index (χ1v) is 9.65. The van der Waals surface area contributed by atoms with Gasteiger partial charge in [0.25, 0.3) is 0 Å². The van der Waals surface area contributed by atoms with E-state index in [1.54, 1.807) is 0 Å². The van der Waals surface area contributed by atoms with Gasteiger partial charge in [-0.1, -0.05) is 41.5 Å². The Kier molecular flexibility index (Phi) is 5.40. The summed E-state index contributed by atoms with van der Waals surface area (Å²) < 4.78 is 24.5. The van der Waals surface area contributed by atoms with Crippen LogP contribution in [0, 0.1) is 11.8 Å². The first kappa shape index (κ1) is 18.6. The zero-order valence-corrected chi connectivity index (χ0v) is 16.3. The van der Waals surface area contributed by atoms with Gasteiger partial charge in [-0.3, -0.25) is 0 Å². The zero-order chi connectivity index (χ0) is 18.2. The summed E-state index contributed by atoms with van der Waals surface area (Å²) in [6, 6.07) is 0.347. The Morgan fingerprint density at radius 1 is 0.840 bits per heavy atom. The number of rotatable bonds is 6. The summed E-state index contributed by atoms with van der Waals surface area (Å²) in [7, 11) is 0. The highest BCUT2D eigenvalue weighted by molar-refractivity contribution is 5.93. The third kappa shape index (κ3) is 3.56. The van der Waals surface area contributed by atoms with Crippen molar-refractivity contribution in [2.24, 2.45) is 21.8 Å². The molecule has 6 nitrogen and oxygen atoms in total. The quantitative estimate of drug-likeness (QED) is 0.736. The van der Waals surface area contributed by atoms with Crippen molar-refractivity contribution >= 4 is 11.8 Å². The molecule has 3 heterocycles. The number of aliphatic imine (C=N–C) groups is 2. The van der Waals surface area contributed by atoms with Crippen LogP contribution in [-0.2, 0) is 18.9 Å². The Labute approximate surface area is 151 Å². The fourth-order valence-corrected chi connectivity index (χ4v) is 3.37. The minimum Gasteiger partial charge on any atom is -0.477 e. The number of nitrogens with zero attached hydrogens (tertiary/aromatic N) is 2. The zero-order valence-electron chi connectivity index (χ0n) is 16.3. The lowest BCUT2D eigenvalue weighted by Crippen LogP contribution is -2.37. The third-order valence-corrected chi connectivity index (χ3v) is 5.45. The number of hydrogen-bond acceptors (Lipinski definition) is 6. The summed E-state index contributed by atoms with van der Waals surface area (Å²) in [6.07, 6.45) is 0.762. The smallest absolute Gasteiger partial charge is 0.217 e. The van der Waals surface area contributed by atoms with Crippen LogP contribution in [0.25, 0.3) is 0 Å². The maximum atomic E-state index is 6.34. The second-order valence-corrected chi connectivity index (χ2v) is 7.87. The maximum absolute atomic E-state index is 6.34. The molecule has 0 spiro atoms. The van der Waals surface area contributed by atoms with Crippen molar-refractivity contribution in [2.75, 3.05) is 13.2 Å². The van der Waals surface area contributed by atoms with Gasteiger partial charge >= 0.3 is 0 Å². The Morgan fingerprint density at radius 2 is 1.24 bits per heavy atom. The monoisotopic (exact) mass is 352 g/mol. The molecule has 0 amide bonds. The van der Waals surface area contributed by atoms with Crippen molar-refractivity contribution in [3.63, 3.8) is 0 Å². The van der Waals surface area contributed by atoms with E-state index in [1.165, 1.54) is 0 Å². The number of ether oxygens (including phenoxy) is 4. The Bertz CT molecular complexity index is 496. The predicted octanol–water partition coefficient (Wildman–Crippen LogP) is 3.19. The van der Waals surface area contributed by atoms with Gasteiger partial charge < -0.3 is 18.9 Å². The van der Waals surface area contributed by atoms with Crippen LogP contribution in [0.1, 0.15) is 54.4 Å². The molecule has 142 valence electrons. The fraction of sp³-hybridized carbons (Fsp3) is 0.895. The van der Waals surface area contributed by atoms with Crippen LogP contribution in [0.15, 0.2) is 9.98 Å². The Balaban J connectivity index is 1.86. The van der Waals surface area contributed by atoms with Crippen LogP contribution in [0.2, 0.25) is 0 Å².